The summed E-state index contributed by atoms with van der Waals surface area (Å²) in [5.41, 5.74) is 5.36. The van der Waals surface area contributed by atoms with Crippen LogP contribution in [0, 0.1) is 0 Å². The number of rotatable bonds is 3. The van der Waals surface area contributed by atoms with Crippen molar-refractivity contribution in [2.75, 3.05) is 11.4 Å². The molecular weight excluding hydrogens is 236 g/mol. The molecule has 2 heterocycles. The van der Waals surface area contributed by atoms with Crippen LogP contribution in [-0.2, 0) is 4.79 Å². The smallest absolute Gasteiger partial charge is 0.338 e. The number of anilines is 1. The quantitative estimate of drug-likeness (QED) is 0.782. The molecule has 1 aliphatic rings. The second kappa shape index (κ2) is 4.99. The highest BCUT2D eigenvalue weighted by atomic mass is 16.4. The molecule has 18 heavy (non-hydrogen) atoms. The summed E-state index contributed by atoms with van der Waals surface area (Å²) in [5, 5.41) is 8.76. The van der Waals surface area contributed by atoms with Crippen LogP contribution in [-0.4, -0.2) is 39.5 Å². The number of carbonyl (C=O) groups excluding carboxylic acids is 1. The standard InChI is InChI=1S/C11H14N4O3/c12-9(16)8-3-1-2-4-15(8)11-13-5-7(6-14-11)10(17)18/h5-6,8H,1-4H2,(H2,12,16)(H,17,18). The van der Waals surface area contributed by atoms with Crippen molar-refractivity contribution in [1.82, 2.24) is 9.97 Å². The van der Waals surface area contributed by atoms with Gasteiger partial charge in [-0.2, -0.15) is 0 Å². The zero-order valence-electron chi connectivity index (χ0n) is 9.74. The SMILES string of the molecule is NC(=O)C1CCCCN1c1ncc(C(=O)O)cn1. The molecule has 0 spiro atoms. The lowest BCUT2D eigenvalue weighted by molar-refractivity contribution is -0.119. The molecule has 1 aliphatic heterocycles. The van der Waals surface area contributed by atoms with E-state index in [0.717, 1.165) is 12.8 Å². The van der Waals surface area contributed by atoms with E-state index in [2.05, 4.69) is 9.97 Å². The predicted octanol–water partition coefficient (Wildman–Crippen LogP) is 0.0190. The first-order valence-electron chi connectivity index (χ1n) is 5.71. The number of carboxylic acids is 1. The number of hydrogen-bond acceptors (Lipinski definition) is 5. The summed E-state index contributed by atoms with van der Waals surface area (Å²) in [7, 11) is 0. The topological polar surface area (TPSA) is 109 Å². The minimum Gasteiger partial charge on any atom is -0.478 e. The Morgan fingerprint density at radius 2 is 2.00 bits per heavy atom. The second-order valence-electron chi connectivity index (χ2n) is 4.18. The molecule has 1 atom stereocenters. The number of nitrogens with zero attached hydrogens (tertiary/aromatic N) is 3. The first-order chi connectivity index (χ1) is 8.59. The van der Waals surface area contributed by atoms with E-state index in [4.69, 9.17) is 10.8 Å². The fourth-order valence-electron chi connectivity index (χ4n) is 2.05. The fourth-order valence-corrected chi connectivity index (χ4v) is 2.05. The Balaban J connectivity index is 2.23. The van der Waals surface area contributed by atoms with Crippen LogP contribution in [0.2, 0.25) is 0 Å². The van der Waals surface area contributed by atoms with E-state index in [9.17, 15) is 9.59 Å². The molecule has 1 aromatic heterocycles. The number of carboxylic acid groups (broad SMARTS) is 1. The molecule has 1 saturated heterocycles. The molecule has 0 aliphatic carbocycles. The van der Waals surface area contributed by atoms with E-state index in [0.29, 0.717) is 18.9 Å². The van der Waals surface area contributed by atoms with Gasteiger partial charge in [-0.3, -0.25) is 4.79 Å². The average molecular weight is 250 g/mol. The zero-order chi connectivity index (χ0) is 13.1. The van der Waals surface area contributed by atoms with E-state index in [1.807, 2.05) is 0 Å². The minimum absolute atomic E-state index is 0.0198. The number of primary amides is 1. The Bertz CT molecular complexity index is 460. The van der Waals surface area contributed by atoms with Crippen LogP contribution in [0.15, 0.2) is 12.4 Å². The maximum Gasteiger partial charge on any atom is 0.338 e. The van der Waals surface area contributed by atoms with Gasteiger partial charge >= 0.3 is 5.97 Å². The fraction of sp³-hybridized carbons (Fsp3) is 0.455. The Morgan fingerprint density at radius 1 is 1.33 bits per heavy atom. The number of carbonyl (C=O) groups is 2. The maximum atomic E-state index is 11.3. The first-order valence-corrected chi connectivity index (χ1v) is 5.71. The molecule has 0 saturated carbocycles. The molecule has 2 rings (SSSR count). The number of aromatic carboxylic acids is 1. The minimum atomic E-state index is -1.08. The first kappa shape index (κ1) is 12.3. The molecular formula is C11H14N4O3. The molecule has 96 valence electrons. The Labute approximate surface area is 104 Å². The highest BCUT2D eigenvalue weighted by Gasteiger charge is 2.28. The number of hydrogen-bond donors (Lipinski definition) is 2. The summed E-state index contributed by atoms with van der Waals surface area (Å²) in [6.07, 6.45) is 5.03. The van der Waals surface area contributed by atoms with Crippen LogP contribution >= 0.6 is 0 Å². The maximum absolute atomic E-state index is 11.3. The molecule has 1 amide bonds. The summed E-state index contributed by atoms with van der Waals surface area (Å²) in [4.78, 5) is 31.7. The summed E-state index contributed by atoms with van der Waals surface area (Å²) in [6.45, 7) is 0.653. The van der Waals surface area contributed by atoms with Gasteiger partial charge < -0.3 is 15.7 Å². The number of piperidine rings is 1. The van der Waals surface area contributed by atoms with Crippen molar-refractivity contribution in [3.8, 4) is 0 Å². The molecule has 7 nitrogen and oxygen atoms in total. The van der Waals surface area contributed by atoms with Crippen LogP contribution in [0.4, 0.5) is 5.95 Å². The largest absolute Gasteiger partial charge is 0.478 e. The lowest BCUT2D eigenvalue weighted by atomic mass is 10.0. The number of amides is 1. The van der Waals surface area contributed by atoms with Crippen molar-refractivity contribution in [2.24, 2.45) is 5.73 Å². The van der Waals surface area contributed by atoms with Gasteiger partial charge in [0, 0.05) is 18.9 Å². The van der Waals surface area contributed by atoms with E-state index in [-0.39, 0.29) is 5.56 Å². The van der Waals surface area contributed by atoms with Gasteiger partial charge in [0.05, 0.1) is 5.56 Å². The van der Waals surface area contributed by atoms with Crippen molar-refractivity contribution >= 4 is 17.8 Å². The van der Waals surface area contributed by atoms with Gasteiger partial charge in [-0.15, -0.1) is 0 Å². The van der Waals surface area contributed by atoms with Crippen molar-refractivity contribution in [3.63, 3.8) is 0 Å². The normalized spacial score (nSPS) is 19.6. The number of aromatic nitrogens is 2. The summed E-state index contributed by atoms with van der Waals surface area (Å²) in [6, 6.07) is -0.408. The van der Waals surface area contributed by atoms with Gasteiger partial charge in [-0.25, -0.2) is 14.8 Å². The molecule has 3 N–H and O–H groups in total. The van der Waals surface area contributed by atoms with Crippen LogP contribution in [0.3, 0.4) is 0 Å². The zero-order valence-corrected chi connectivity index (χ0v) is 9.74. The third-order valence-electron chi connectivity index (χ3n) is 2.97. The van der Waals surface area contributed by atoms with Crippen LogP contribution in [0.5, 0.6) is 0 Å². The molecule has 1 fully saturated rings. The van der Waals surface area contributed by atoms with Gasteiger partial charge in [0.15, 0.2) is 0 Å². The molecule has 1 unspecified atom stereocenters. The van der Waals surface area contributed by atoms with Crippen LogP contribution in [0.25, 0.3) is 0 Å². The molecule has 7 heteroatoms. The van der Waals surface area contributed by atoms with Crippen molar-refractivity contribution < 1.29 is 14.7 Å². The third kappa shape index (κ3) is 2.39. The van der Waals surface area contributed by atoms with Gasteiger partial charge in [0.25, 0.3) is 0 Å². The molecule has 0 bridgehead atoms. The van der Waals surface area contributed by atoms with Gasteiger partial charge in [-0.05, 0) is 19.3 Å². The van der Waals surface area contributed by atoms with Crippen LogP contribution in [0.1, 0.15) is 29.6 Å². The predicted molar refractivity (Wildman–Crippen MR) is 63.2 cm³/mol. The average Bonchev–Trinajstić information content (AvgIpc) is 2.39. The van der Waals surface area contributed by atoms with Gasteiger partial charge in [0.1, 0.15) is 6.04 Å². The van der Waals surface area contributed by atoms with Crippen molar-refractivity contribution in [3.05, 3.63) is 18.0 Å². The highest BCUT2D eigenvalue weighted by Crippen LogP contribution is 2.21. The Kier molecular flexibility index (Phi) is 3.40. The Morgan fingerprint density at radius 3 is 2.56 bits per heavy atom. The highest BCUT2D eigenvalue weighted by molar-refractivity contribution is 5.87. The van der Waals surface area contributed by atoms with Crippen LogP contribution < -0.4 is 10.6 Å². The summed E-state index contributed by atoms with van der Waals surface area (Å²) >= 11 is 0. The van der Waals surface area contributed by atoms with E-state index < -0.39 is 17.9 Å². The molecule has 0 radical (unpaired) electrons. The summed E-state index contributed by atoms with van der Waals surface area (Å²) in [5.74, 6) is -1.13. The number of nitrogens with two attached hydrogens (primary N) is 1. The monoisotopic (exact) mass is 250 g/mol. The van der Waals surface area contributed by atoms with Crippen molar-refractivity contribution in [2.45, 2.75) is 25.3 Å². The van der Waals surface area contributed by atoms with E-state index in [1.165, 1.54) is 12.4 Å². The molecule has 1 aromatic rings. The van der Waals surface area contributed by atoms with Gasteiger partial charge in [0.2, 0.25) is 11.9 Å². The van der Waals surface area contributed by atoms with E-state index >= 15 is 0 Å². The third-order valence-corrected chi connectivity index (χ3v) is 2.97. The Hall–Kier alpha value is -2.18. The lowest BCUT2D eigenvalue weighted by Gasteiger charge is -2.33. The lowest BCUT2D eigenvalue weighted by Crippen LogP contribution is -2.48. The molecule has 0 aromatic carbocycles. The van der Waals surface area contributed by atoms with E-state index in [1.54, 1.807) is 4.90 Å². The van der Waals surface area contributed by atoms with Crippen molar-refractivity contribution in [1.29, 1.82) is 0 Å². The van der Waals surface area contributed by atoms with Gasteiger partial charge in [-0.1, -0.05) is 0 Å². The summed E-state index contributed by atoms with van der Waals surface area (Å²) < 4.78 is 0. The second-order valence-corrected chi connectivity index (χ2v) is 4.18.